The molecule has 0 bridgehead atoms. The average molecular weight is 378 g/mol. The summed E-state index contributed by atoms with van der Waals surface area (Å²) in [5, 5.41) is 0. The first-order chi connectivity index (χ1) is 13.3. The van der Waals surface area contributed by atoms with Crippen LogP contribution in [0, 0.1) is 0 Å². The van der Waals surface area contributed by atoms with E-state index in [2.05, 4.69) is 44.8 Å². The van der Waals surface area contributed by atoms with Crippen LogP contribution in [0.1, 0.15) is 38.8 Å². The van der Waals surface area contributed by atoms with Gasteiger partial charge in [0.15, 0.2) is 0 Å². The quantitative estimate of drug-likeness (QED) is 0.789. The number of aliphatic imine (C=N–C) groups is 2. The Kier molecular flexibility index (Phi) is 4.41. The van der Waals surface area contributed by atoms with E-state index >= 15 is 0 Å². The summed E-state index contributed by atoms with van der Waals surface area (Å²) in [6, 6.07) is 14.1. The predicted octanol–water partition coefficient (Wildman–Crippen LogP) is 4.47. The van der Waals surface area contributed by atoms with Crippen molar-refractivity contribution in [3.8, 4) is 16.9 Å². The zero-order valence-corrected chi connectivity index (χ0v) is 17.1. The Balaban J connectivity index is 1.75. The van der Waals surface area contributed by atoms with Crippen molar-refractivity contribution in [2.45, 2.75) is 38.8 Å². The molecule has 28 heavy (non-hydrogen) atoms. The van der Waals surface area contributed by atoms with Crippen molar-refractivity contribution in [2.75, 3.05) is 20.3 Å². The summed E-state index contributed by atoms with van der Waals surface area (Å²) < 4.78 is 17.3. The van der Waals surface area contributed by atoms with E-state index in [1.54, 1.807) is 7.11 Å². The summed E-state index contributed by atoms with van der Waals surface area (Å²) in [5.41, 5.74) is 3.53. The predicted molar refractivity (Wildman–Crippen MR) is 112 cm³/mol. The van der Waals surface area contributed by atoms with Crippen molar-refractivity contribution in [1.82, 2.24) is 0 Å². The minimum Gasteiger partial charge on any atom is -0.496 e. The van der Waals surface area contributed by atoms with Crippen LogP contribution in [-0.2, 0) is 9.47 Å². The molecule has 2 aliphatic rings. The van der Waals surface area contributed by atoms with Gasteiger partial charge in [0.1, 0.15) is 19.0 Å². The Morgan fingerprint density at radius 1 is 0.786 bits per heavy atom. The molecule has 0 unspecified atom stereocenters. The highest BCUT2D eigenvalue weighted by Gasteiger charge is 2.30. The maximum absolute atomic E-state index is 5.90. The molecule has 0 N–H and O–H groups in total. The van der Waals surface area contributed by atoms with Crippen molar-refractivity contribution in [2.24, 2.45) is 9.98 Å². The normalized spacial score (nSPS) is 19.5. The first kappa shape index (κ1) is 18.5. The van der Waals surface area contributed by atoms with Crippen molar-refractivity contribution in [3.63, 3.8) is 0 Å². The van der Waals surface area contributed by atoms with Crippen LogP contribution in [0.25, 0.3) is 11.1 Å². The van der Waals surface area contributed by atoms with E-state index < -0.39 is 0 Å². The van der Waals surface area contributed by atoms with Gasteiger partial charge in [0.05, 0.1) is 18.2 Å². The van der Waals surface area contributed by atoms with Crippen LogP contribution < -0.4 is 4.74 Å². The topological polar surface area (TPSA) is 52.4 Å². The van der Waals surface area contributed by atoms with E-state index in [0.29, 0.717) is 25.0 Å². The monoisotopic (exact) mass is 378 g/mol. The van der Waals surface area contributed by atoms with Crippen LogP contribution in [0.2, 0.25) is 0 Å². The van der Waals surface area contributed by atoms with Gasteiger partial charge in [-0.1, -0.05) is 18.2 Å². The maximum Gasteiger partial charge on any atom is 0.217 e. The van der Waals surface area contributed by atoms with Crippen molar-refractivity contribution >= 4 is 11.8 Å². The molecule has 2 aliphatic heterocycles. The number of ether oxygens (including phenoxy) is 3. The molecule has 0 radical (unpaired) electrons. The van der Waals surface area contributed by atoms with Gasteiger partial charge in [0.2, 0.25) is 11.8 Å². The SMILES string of the molecule is COc1cccc(C2=NC(C)(C)CO2)c1-c1ccc(C2=NC(C)(C)CO2)cc1. The van der Waals surface area contributed by atoms with Gasteiger partial charge >= 0.3 is 0 Å². The van der Waals surface area contributed by atoms with Gasteiger partial charge in [-0.15, -0.1) is 0 Å². The Morgan fingerprint density at radius 2 is 1.36 bits per heavy atom. The lowest BCUT2D eigenvalue weighted by Crippen LogP contribution is -2.17. The molecule has 5 nitrogen and oxygen atoms in total. The zero-order valence-electron chi connectivity index (χ0n) is 17.1. The van der Waals surface area contributed by atoms with Crippen molar-refractivity contribution in [1.29, 1.82) is 0 Å². The fraction of sp³-hybridized carbons (Fsp3) is 0.391. The molecule has 0 aliphatic carbocycles. The third-order valence-corrected chi connectivity index (χ3v) is 4.83. The molecule has 0 amide bonds. The standard InChI is InChI=1S/C23H26N2O3/c1-22(2)13-27-20(24-22)16-11-9-15(10-12-16)19-17(7-6-8-18(19)26-5)21-25-23(3,4)14-28-21/h6-12H,13-14H2,1-5H3. The summed E-state index contributed by atoms with van der Waals surface area (Å²) in [6.07, 6.45) is 0. The molecular weight excluding hydrogens is 352 g/mol. The van der Waals surface area contributed by atoms with Crippen molar-refractivity contribution < 1.29 is 14.2 Å². The summed E-state index contributed by atoms with van der Waals surface area (Å²) >= 11 is 0. The molecule has 5 heteroatoms. The lowest BCUT2D eigenvalue weighted by Gasteiger charge is -2.14. The van der Waals surface area contributed by atoms with E-state index in [1.807, 2.05) is 30.3 Å². The van der Waals surface area contributed by atoms with Gasteiger partial charge in [-0.2, -0.15) is 0 Å². The third-order valence-electron chi connectivity index (χ3n) is 4.83. The molecule has 0 fully saturated rings. The second kappa shape index (κ2) is 6.66. The minimum absolute atomic E-state index is 0.172. The molecular formula is C23H26N2O3. The second-order valence-electron chi connectivity index (χ2n) is 8.50. The highest BCUT2D eigenvalue weighted by molar-refractivity contribution is 6.03. The van der Waals surface area contributed by atoms with Crippen LogP contribution in [0.4, 0.5) is 0 Å². The number of benzene rings is 2. The van der Waals surface area contributed by atoms with E-state index in [9.17, 15) is 0 Å². The first-order valence-corrected chi connectivity index (χ1v) is 9.51. The fourth-order valence-electron chi connectivity index (χ4n) is 3.41. The van der Waals surface area contributed by atoms with Crippen LogP contribution in [0.3, 0.4) is 0 Å². The second-order valence-corrected chi connectivity index (χ2v) is 8.50. The van der Waals surface area contributed by atoms with Gasteiger partial charge in [-0.25, -0.2) is 9.98 Å². The highest BCUT2D eigenvalue weighted by Crippen LogP contribution is 2.36. The molecule has 0 saturated heterocycles. The summed E-state index contributed by atoms with van der Waals surface area (Å²) in [7, 11) is 1.68. The van der Waals surface area contributed by atoms with Crippen LogP contribution >= 0.6 is 0 Å². The first-order valence-electron chi connectivity index (χ1n) is 9.51. The van der Waals surface area contributed by atoms with Gasteiger partial charge in [-0.05, 0) is 57.5 Å². The molecule has 0 saturated carbocycles. The number of rotatable bonds is 4. The number of nitrogens with zero attached hydrogens (tertiary/aromatic N) is 2. The van der Waals surface area contributed by atoms with E-state index in [4.69, 9.17) is 19.2 Å². The summed E-state index contributed by atoms with van der Waals surface area (Å²) in [4.78, 5) is 9.40. The number of hydrogen-bond donors (Lipinski definition) is 0. The van der Waals surface area contributed by atoms with Crippen molar-refractivity contribution in [3.05, 3.63) is 53.6 Å². The van der Waals surface area contributed by atoms with Crippen LogP contribution in [-0.4, -0.2) is 43.2 Å². The zero-order chi connectivity index (χ0) is 19.9. The Morgan fingerprint density at radius 3 is 1.89 bits per heavy atom. The van der Waals surface area contributed by atoms with E-state index in [1.165, 1.54) is 0 Å². The Hall–Kier alpha value is -2.82. The minimum atomic E-state index is -0.218. The molecule has 0 aromatic heterocycles. The summed E-state index contributed by atoms with van der Waals surface area (Å²) in [5.74, 6) is 2.15. The van der Waals surface area contributed by atoms with E-state index in [0.717, 1.165) is 28.0 Å². The molecule has 2 aromatic rings. The molecule has 4 rings (SSSR count). The summed E-state index contributed by atoms with van der Waals surface area (Å²) in [6.45, 7) is 9.45. The van der Waals surface area contributed by atoms with Gasteiger partial charge in [-0.3, -0.25) is 0 Å². The number of methoxy groups -OCH3 is 1. The van der Waals surface area contributed by atoms with Crippen LogP contribution in [0.15, 0.2) is 52.4 Å². The molecule has 146 valence electrons. The fourth-order valence-corrected chi connectivity index (χ4v) is 3.41. The smallest absolute Gasteiger partial charge is 0.217 e. The lowest BCUT2D eigenvalue weighted by atomic mass is 9.97. The Labute approximate surface area is 166 Å². The number of hydrogen-bond acceptors (Lipinski definition) is 5. The largest absolute Gasteiger partial charge is 0.496 e. The third kappa shape index (κ3) is 3.49. The molecule has 2 heterocycles. The highest BCUT2D eigenvalue weighted by atomic mass is 16.5. The maximum atomic E-state index is 5.90. The molecule has 0 atom stereocenters. The van der Waals surface area contributed by atoms with Gasteiger partial charge in [0.25, 0.3) is 0 Å². The van der Waals surface area contributed by atoms with E-state index in [-0.39, 0.29) is 11.1 Å². The molecule has 2 aromatic carbocycles. The molecule has 0 spiro atoms. The Bertz CT molecular complexity index is 956. The van der Waals surface area contributed by atoms with Gasteiger partial charge < -0.3 is 14.2 Å². The lowest BCUT2D eigenvalue weighted by molar-refractivity contribution is 0.279. The van der Waals surface area contributed by atoms with Gasteiger partial charge in [0, 0.05) is 16.7 Å². The van der Waals surface area contributed by atoms with Crippen LogP contribution in [0.5, 0.6) is 5.75 Å². The average Bonchev–Trinajstić information content (AvgIpc) is 3.22.